The maximum Gasteiger partial charge on any atom is 0.407 e. The van der Waals surface area contributed by atoms with Crippen LogP contribution in [0.1, 0.15) is 52.2 Å². The molecule has 0 spiro atoms. The van der Waals surface area contributed by atoms with Crippen LogP contribution in [-0.4, -0.2) is 41.4 Å². The van der Waals surface area contributed by atoms with Crippen molar-refractivity contribution in [2.45, 2.75) is 71.6 Å². The molecule has 0 heterocycles. The first-order valence-electron chi connectivity index (χ1n) is 12.1. The second-order valence-electron chi connectivity index (χ2n) is 10.1. The average molecular weight is 469 g/mol. The third-order valence-electron chi connectivity index (χ3n) is 5.66. The molecule has 186 valence electrons. The Bertz CT molecular complexity index is 878. The van der Waals surface area contributed by atoms with Gasteiger partial charge in [-0.05, 0) is 57.1 Å². The molecule has 0 aliphatic carbocycles. The second-order valence-corrected chi connectivity index (χ2v) is 10.1. The SMILES string of the molecule is CC(C)[C@@H](C[C@H](O)[C@H](Cc1ccccc1)NC(=O)OC(C)(C)C)C(=O)NCCc1ccccc1. The number of hydrogen-bond acceptors (Lipinski definition) is 4. The molecule has 0 saturated carbocycles. The van der Waals surface area contributed by atoms with Crippen LogP contribution in [0.4, 0.5) is 4.79 Å². The summed E-state index contributed by atoms with van der Waals surface area (Å²) in [6, 6.07) is 19.1. The average Bonchev–Trinajstić information content (AvgIpc) is 2.76. The number of aliphatic hydroxyl groups is 1. The summed E-state index contributed by atoms with van der Waals surface area (Å²) >= 11 is 0. The molecule has 2 aromatic rings. The highest BCUT2D eigenvalue weighted by molar-refractivity contribution is 5.79. The highest BCUT2D eigenvalue weighted by Crippen LogP contribution is 2.21. The van der Waals surface area contributed by atoms with Crippen LogP contribution in [0.5, 0.6) is 0 Å². The number of nitrogens with one attached hydrogen (secondary N) is 2. The van der Waals surface area contributed by atoms with Crippen LogP contribution in [0.15, 0.2) is 60.7 Å². The highest BCUT2D eigenvalue weighted by Gasteiger charge is 2.31. The summed E-state index contributed by atoms with van der Waals surface area (Å²) in [7, 11) is 0. The molecule has 0 aliphatic rings. The Balaban J connectivity index is 2.04. The molecule has 0 fully saturated rings. The van der Waals surface area contributed by atoms with Crippen LogP contribution < -0.4 is 10.6 Å². The Morgan fingerprint density at radius 1 is 0.941 bits per heavy atom. The van der Waals surface area contributed by atoms with Gasteiger partial charge in [0.15, 0.2) is 0 Å². The molecular formula is C28H40N2O4. The normalized spacial score (nSPS) is 14.2. The molecule has 0 unspecified atom stereocenters. The zero-order chi connectivity index (χ0) is 25.1. The quantitative estimate of drug-likeness (QED) is 0.453. The number of aliphatic hydroxyl groups excluding tert-OH is 1. The van der Waals surface area contributed by atoms with Gasteiger partial charge in [-0.2, -0.15) is 0 Å². The van der Waals surface area contributed by atoms with Gasteiger partial charge >= 0.3 is 6.09 Å². The Hall–Kier alpha value is -2.86. The topological polar surface area (TPSA) is 87.7 Å². The Kier molecular flexibility index (Phi) is 10.6. The van der Waals surface area contributed by atoms with Crippen LogP contribution in [-0.2, 0) is 22.4 Å². The predicted molar refractivity (Wildman–Crippen MR) is 135 cm³/mol. The molecule has 6 heteroatoms. The largest absolute Gasteiger partial charge is 0.444 e. The summed E-state index contributed by atoms with van der Waals surface area (Å²) in [6.07, 6.45) is -0.0819. The van der Waals surface area contributed by atoms with Crippen molar-refractivity contribution in [2.24, 2.45) is 11.8 Å². The summed E-state index contributed by atoms with van der Waals surface area (Å²) in [5.41, 5.74) is 1.50. The molecule has 34 heavy (non-hydrogen) atoms. The number of benzene rings is 2. The van der Waals surface area contributed by atoms with Crippen LogP contribution in [0.2, 0.25) is 0 Å². The predicted octanol–water partition coefficient (Wildman–Crippen LogP) is 4.50. The number of amides is 2. The van der Waals surface area contributed by atoms with Crippen molar-refractivity contribution in [2.75, 3.05) is 6.54 Å². The van der Waals surface area contributed by atoms with Gasteiger partial charge in [0.25, 0.3) is 0 Å². The summed E-state index contributed by atoms with van der Waals surface area (Å²) in [5.74, 6) is -0.435. The molecule has 0 aromatic heterocycles. The van der Waals surface area contributed by atoms with Gasteiger partial charge in [-0.3, -0.25) is 4.79 Å². The van der Waals surface area contributed by atoms with Crippen molar-refractivity contribution in [3.05, 3.63) is 71.8 Å². The van der Waals surface area contributed by atoms with Gasteiger partial charge in [-0.1, -0.05) is 74.5 Å². The summed E-state index contributed by atoms with van der Waals surface area (Å²) in [6.45, 7) is 9.87. The van der Waals surface area contributed by atoms with Gasteiger partial charge in [0.1, 0.15) is 5.60 Å². The van der Waals surface area contributed by atoms with E-state index in [1.807, 2.05) is 74.5 Å². The fourth-order valence-corrected chi connectivity index (χ4v) is 3.82. The molecule has 6 nitrogen and oxygen atoms in total. The van der Waals surface area contributed by atoms with E-state index in [0.717, 1.165) is 17.5 Å². The van der Waals surface area contributed by atoms with E-state index in [2.05, 4.69) is 10.6 Å². The molecule has 0 saturated heterocycles. The van der Waals surface area contributed by atoms with Gasteiger partial charge in [-0.25, -0.2) is 4.79 Å². The van der Waals surface area contributed by atoms with Gasteiger partial charge in [0, 0.05) is 12.5 Å². The first kappa shape index (κ1) is 27.4. The van der Waals surface area contributed by atoms with E-state index >= 15 is 0 Å². The Labute approximate surface area is 204 Å². The van der Waals surface area contributed by atoms with Crippen LogP contribution in [0, 0.1) is 11.8 Å². The molecule has 3 N–H and O–H groups in total. The lowest BCUT2D eigenvalue weighted by atomic mass is 9.86. The number of carbonyl (C=O) groups is 2. The van der Waals surface area contributed by atoms with E-state index in [1.54, 1.807) is 20.8 Å². The van der Waals surface area contributed by atoms with Crippen LogP contribution >= 0.6 is 0 Å². The number of rotatable bonds is 11. The monoisotopic (exact) mass is 468 g/mol. The van der Waals surface area contributed by atoms with Gasteiger partial charge < -0.3 is 20.5 Å². The highest BCUT2D eigenvalue weighted by atomic mass is 16.6. The van der Waals surface area contributed by atoms with Gasteiger partial charge in [-0.15, -0.1) is 0 Å². The maximum absolute atomic E-state index is 13.0. The lowest BCUT2D eigenvalue weighted by molar-refractivity contribution is -0.127. The Morgan fingerprint density at radius 3 is 2.03 bits per heavy atom. The lowest BCUT2D eigenvalue weighted by Gasteiger charge is -2.30. The van der Waals surface area contributed by atoms with Gasteiger partial charge in [0.05, 0.1) is 12.1 Å². The standard InChI is InChI=1S/C28H40N2O4/c1-20(2)23(26(32)29-17-16-21-12-8-6-9-13-21)19-25(31)24(18-22-14-10-7-11-15-22)30-27(33)34-28(3,4)5/h6-15,20,23-25,31H,16-19H2,1-5H3,(H,29,32)(H,30,33)/t23-,24+,25+/m1/s1. The van der Waals surface area contributed by atoms with Crippen LogP contribution in [0.25, 0.3) is 0 Å². The van der Waals surface area contributed by atoms with E-state index in [0.29, 0.717) is 13.0 Å². The smallest absolute Gasteiger partial charge is 0.407 e. The lowest BCUT2D eigenvalue weighted by Crippen LogP contribution is -2.48. The van der Waals surface area contributed by atoms with Crippen molar-refractivity contribution >= 4 is 12.0 Å². The van der Waals surface area contributed by atoms with Crippen molar-refractivity contribution in [3.63, 3.8) is 0 Å². The van der Waals surface area contributed by atoms with E-state index in [9.17, 15) is 14.7 Å². The first-order chi connectivity index (χ1) is 16.0. The van der Waals surface area contributed by atoms with Gasteiger partial charge in [0.2, 0.25) is 5.91 Å². The third-order valence-corrected chi connectivity index (χ3v) is 5.66. The van der Waals surface area contributed by atoms with Crippen LogP contribution in [0.3, 0.4) is 0 Å². The van der Waals surface area contributed by atoms with E-state index in [4.69, 9.17) is 4.74 Å². The summed E-state index contributed by atoms with van der Waals surface area (Å²) < 4.78 is 5.41. The minimum Gasteiger partial charge on any atom is -0.444 e. The van der Waals surface area contributed by atoms with E-state index < -0.39 is 23.8 Å². The van der Waals surface area contributed by atoms with E-state index in [1.165, 1.54) is 0 Å². The van der Waals surface area contributed by atoms with Crippen molar-refractivity contribution < 1.29 is 19.4 Å². The van der Waals surface area contributed by atoms with Crippen molar-refractivity contribution in [1.29, 1.82) is 0 Å². The minimum atomic E-state index is -0.917. The van der Waals surface area contributed by atoms with Crippen molar-refractivity contribution in [1.82, 2.24) is 10.6 Å². The van der Waals surface area contributed by atoms with E-state index in [-0.39, 0.29) is 24.2 Å². The zero-order valence-electron chi connectivity index (χ0n) is 21.1. The number of hydrogen-bond donors (Lipinski definition) is 3. The fraction of sp³-hybridized carbons (Fsp3) is 0.500. The summed E-state index contributed by atoms with van der Waals surface area (Å²) in [4.78, 5) is 25.4. The number of alkyl carbamates (subject to hydrolysis) is 1. The zero-order valence-corrected chi connectivity index (χ0v) is 21.1. The first-order valence-corrected chi connectivity index (χ1v) is 12.1. The molecule has 2 aromatic carbocycles. The molecule has 2 rings (SSSR count). The Morgan fingerprint density at radius 2 is 1.50 bits per heavy atom. The second kappa shape index (κ2) is 13.1. The molecule has 0 bridgehead atoms. The maximum atomic E-state index is 13.0. The number of carbonyl (C=O) groups excluding carboxylic acids is 2. The van der Waals surface area contributed by atoms with Crippen molar-refractivity contribution in [3.8, 4) is 0 Å². The minimum absolute atomic E-state index is 0.0327. The third kappa shape index (κ3) is 9.96. The molecular weight excluding hydrogens is 428 g/mol. The molecule has 3 atom stereocenters. The molecule has 0 radical (unpaired) electrons. The number of ether oxygens (including phenoxy) is 1. The fourth-order valence-electron chi connectivity index (χ4n) is 3.82. The molecule has 2 amide bonds. The molecule has 0 aliphatic heterocycles. The summed E-state index contributed by atoms with van der Waals surface area (Å²) in [5, 5.41) is 17.0.